The van der Waals surface area contributed by atoms with E-state index in [1.54, 1.807) is 6.20 Å². The van der Waals surface area contributed by atoms with Crippen LogP contribution in [0.2, 0.25) is 0 Å². The molecule has 0 aliphatic heterocycles. The van der Waals surface area contributed by atoms with Gasteiger partial charge in [0.1, 0.15) is 0 Å². The van der Waals surface area contributed by atoms with Gasteiger partial charge in [0.2, 0.25) is 5.82 Å². The summed E-state index contributed by atoms with van der Waals surface area (Å²) in [4.78, 5) is 14.8. The molecule has 1 aromatic rings. The van der Waals surface area contributed by atoms with Crippen molar-refractivity contribution in [2.45, 2.75) is 39.2 Å². The van der Waals surface area contributed by atoms with Gasteiger partial charge in [0.05, 0.1) is 4.92 Å². The quantitative estimate of drug-likeness (QED) is 0.670. The number of hydrogen-bond donors (Lipinski definition) is 1. The summed E-state index contributed by atoms with van der Waals surface area (Å²) >= 11 is 3.22. The van der Waals surface area contributed by atoms with Gasteiger partial charge in [0.25, 0.3) is 0 Å². The highest BCUT2D eigenvalue weighted by molar-refractivity contribution is 9.10. The molecule has 1 aliphatic carbocycles. The second-order valence-corrected chi connectivity index (χ2v) is 6.05. The zero-order valence-corrected chi connectivity index (χ0v) is 12.7. The first-order valence-electron chi connectivity index (χ1n) is 6.59. The van der Waals surface area contributed by atoms with Gasteiger partial charge in [-0.3, -0.25) is 10.1 Å². The molecule has 3 atom stereocenters. The fraction of sp³-hybridized carbons (Fsp3) is 0.615. The van der Waals surface area contributed by atoms with Crippen molar-refractivity contribution in [2.75, 3.05) is 5.32 Å². The number of pyridine rings is 1. The molecule has 0 saturated heterocycles. The summed E-state index contributed by atoms with van der Waals surface area (Å²) in [5.41, 5.74) is 0.0292. The van der Waals surface area contributed by atoms with Crippen molar-refractivity contribution in [3.8, 4) is 0 Å². The fourth-order valence-corrected chi connectivity index (χ4v) is 3.20. The van der Waals surface area contributed by atoms with E-state index in [0.717, 1.165) is 12.8 Å². The van der Waals surface area contributed by atoms with Crippen LogP contribution in [0.5, 0.6) is 0 Å². The predicted octanol–water partition coefficient (Wildman–Crippen LogP) is 3.99. The molecule has 1 aliphatic rings. The highest BCUT2D eigenvalue weighted by Gasteiger charge is 2.33. The summed E-state index contributed by atoms with van der Waals surface area (Å²) in [6, 6.07) is 1.77. The zero-order valence-electron chi connectivity index (χ0n) is 11.1. The second kappa shape index (κ2) is 5.86. The van der Waals surface area contributed by atoms with Crippen molar-refractivity contribution >= 4 is 27.4 Å². The van der Waals surface area contributed by atoms with Crippen LogP contribution < -0.4 is 5.32 Å². The third kappa shape index (κ3) is 3.05. The van der Waals surface area contributed by atoms with Crippen molar-refractivity contribution in [1.82, 2.24) is 4.98 Å². The Morgan fingerprint density at radius 1 is 1.58 bits per heavy atom. The third-order valence-electron chi connectivity index (χ3n) is 4.10. The number of halogens is 1. The summed E-state index contributed by atoms with van der Waals surface area (Å²) in [6.45, 7) is 4.41. The van der Waals surface area contributed by atoms with Crippen LogP contribution in [-0.2, 0) is 0 Å². The van der Waals surface area contributed by atoms with E-state index in [2.05, 4.69) is 40.1 Å². The van der Waals surface area contributed by atoms with E-state index < -0.39 is 4.92 Å². The predicted molar refractivity (Wildman–Crippen MR) is 78.2 cm³/mol. The molecule has 3 unspecified atom stereocenters. The molecule has 104 valence electrons. The molecule has 1 aromatic heterocycles. The molecular weight excluding hydrogens is 310 g/mol. The summed E-state index contributed by atoms with van der Waals surface area (Å²) in [6.07, 6.45) is 4.98. The van der Waals surface area contributed by atoms with Crippen molar-refractivity contribution in [3.63, 3.8) is 0 Å². The third-order valence-corrected chi connectivity index (χ3v) is 4.54. The molecule has 1 fully saturated rings. The number of nitrogens with one attached hydrogen (secondary N) is 1. The molecule has 5 nitrogen and oxygen atoms in total. The van der Waals surface area contributed by atoms with Gasteiger partial charge in [-0.1, -0.05) is 20.3 Å². The summed E-state index contributed by atoms with van der Waals surface area (Å²) in [7, 11) is 0. The molecular formula is C13H18BrN3O2. The number of anilines is 1. The minimum absolute atomic E-state index is 0.0292. The maximum absolute atomic E-state index is 11.1. The lowest BCUT2D eigenvalue weighted by atomic mass is 9.93. The van der Waals surface area contributed by atoms with Crippen LogP contribution in [-0.4, -0.2) is 15.9 Å². The topological polar surface area (TPSA) is 68.1 Å². The average molecular weight is 328 g/mol. The Bertz CT molecular complexity index is 481. The van der Waals surface area contributed by atoms with Gasteiger partial charge in [-0.2, -0.15) is 0 Å². The summed E-state index contributed by atoms with van der Waals surface area (Å²) in [5, 5.41) is 14.3. The lowest BCUT2D eigenvalue weighted by molar-refractivity contribution is -0.384. The van der Waals surface area contributed by atoms with Crippen LogP contribution in [0.3, 0.4) is 0 Å². The average Bonchev–Trinajstić information content (AvgIpc) is 2.72. The minimum Gasteiger partial charge on any atom is -0.361 e. The molecule has 0 aromatic carbocycles. The standard InChI is InChI=1S/C13H18BrN3O2/c1-3-9-4-5-11(8(9)2)16-13-12(17(18)19)6-10(14)7-15-13/h6-9,11H,3-5H2,1-2H3,(H,15,16). The number of hydrogen-bond acceptors (Lipinski definition) is 4. The highest BCUT2D eigenvalue weighted by atomic mass is 79.9. The van der Waals surface area contributed by atoms with E-state index in [1.807, 2.05) is 0 Å². The smallest absolute Gasteiger partial charge is 0.312 e. The molecule has 1 saturated carbocycles. The molecule has 0 spiro atoms. The lowest BCUT2D eigenvalue weighted by Crippen LogP contribution is -2.25. The van der Waals surface area contributed by atoms with Crippen LogP contribution >= 0.6 is 15.9 Å². The van der Waals surface area contributed by atoms with Crippen LogP contribution in [0.25, 0.3) is 0 Å². The highest BCUT2D eigenvalue weighted by Crippen LogP contribution is 2.37. The van der Waals surface area contributed by atoms with Crippen LogP contribution in [0.4, 0.5) is 11.5 Å². The molecule has 1 N–H and O–H groups in total. The van der Waals surface area contributed by atoms with Crippen molar-refractivity contribution in [3.05, 3.63) is 26.9 Å². The molecule has 19 heavy (non-hydrogen) atoms. The Balaban J connectivity index is 2.18. The van der Waals surface area contributed by atoms with Crippen LogP contribution in [0.15, 0.2) is 16.7 Å². The maximum Gasteiger partial charge on any atom is 0.312 e. The molecule has 6 heteroatoms. The minimum atomic E-state index is -0.392. The lowest BCUT2D eigenvalue weighted by Gasteiger charge is -2.21. The second-order valence-electron chi connectivity index (χ2n) is 5.13. The van der Waals surface area contributed by atoms with Gasteiger partial charge < -0.3 is 5.32 Å². The SMILES string of the molecule is CCC1CCC(Nc2ncc(Br)cc2[N+](=O)[O-])C1C. The Hall–Kier alpha value is -1.17. The van der Waals surface area contributed by atoms with E-state index in [4.69, 9.17) is 0 Å². The first-order chi connectivity index (χ1) is 9.02. The number of aromatic nitrogens is 1. The Morgan fingerprint density at radius 3 is 2.89 bits per heavy atom. The van der Waals surface area contributed by atoms with Crippen molar-refractivity contribution in [2.24, 2.45) is 11.8 Å². The largest absolute Gasteiger partial charge is 0.361 e. The van der Waals surface area contributed by atoms with Crippen LogP contribution in [0.1, 0.15) is 33.1 Å². The van der Waals surface area contributed by atoms with Gasteiger partial charge in [-0.25, -0.2) is 4.98 Å². The van der Waals surface area contributed by atoms with E-state index in [9.17, 15) is 10.1 Å². The molecule has 0 amide bonds. The van der Waals surface area contributed by atoms with E-state index >= 15 is 0 Å². The number of nitrogens with zero attached hydrogens (tertiary/aromatic N) is 2. The first-order valence-corrected chi connectivity index (χ1v) is 7.38. The Kier molecular flexibility index (Phi) is 4.39. The van der Waals surface area contributed by atoms with Crippen molar-refractivity contribution < 1.29 is 4.92 Å². The number of rotatable bonds is 4. The Morgan fingerprint density at radius 2 is 2.32 bits per heavy atom. The summed E-state index contributed by atoms with van der Waals surface area (Å²) < 4.78 is 0.621. The van der Waals surface area contributed by atoms with Gasteiger partial charge in [0, 0.05) is 22.8 Å². The van der Waals surface area contributed by atoms with Gasteiger partial charge >= 0.3 is 5.69 Å². The fourth-order valence-electron chi connectivity index (χ4n) is 2.88. The van der Waals surface area contributed by atoms with E-state index in [-0.39, 0.29) is 11.7 Å². The van der Waals surface area contributed by atoms with Gasteiger partial charge in [0.15, 0.2) is 0 Å². The maximum atomic E-state index is 11.1. The normalized spacial score (nSPS) is 26.4. The molecule has 0 radical (unpaired) electrons. The molecule has 0 bridgehead atoms. The van der Waals surface area contributed by atoms with Gasteiger partial charge in [-0.15, -0.1) is 0 Å². The van der Waals surface area contributed by atoms with Crippen molar-refractivity contribution in [1.29, 1.82) is 0 Å². The van der Waals surface area contributed by atoms with Gasteiger partial charge in [-0.05, 0) is 40.6 Å². The Labute approximate surface area is 121 Å². The zero-order chi connectivity index (χ0) is 14.0. The monoisotopic (exact) mass is 327 g/mol. The summed E-state index contributed by atoms with van der Waals surface area (Å²) in [5.74, 6) is 1.60. The van der Waals surface area contributed by atoms with E-state index in [0.29, 0.717) is 22.1 Å². The number of nitro groups is 1. The first kappa shape index (κ1) is 14.2. The molecule has 1 heterocycles. The molecule has 2 rings (SSSR count). The van der Waals surface area contributed by atoms with E-state index in [1.165, 1.54) is 12.5 Å². The van der Waals surface area contributed by atoms with Crippen LogP contribution in [0, 0.1) is 22.0 Å².